The summed E-state index contributed by atoms with van der Waals surface area (Å²) >= 11 is 0. The highest BCUT2D eigenvalue weighted by atomic mass is 19.4. The van der Waals surface area contributed by atoms with Gasteiger partial charge in [0, 0.05) is 23.3 Å². The molecule has 1 aromatic heterocycles. The van der Waals surface area contributed by atoms with Crippen molar-refractivity contribution in [2.45, 2.75) is 6.18 Å². The van der Waals surface area contributed by atoms with E-state index < -0.39 is 22.2 Å². The normalized spacial score (nSPS) is 11.8. The molecular weight excluding hydrogens is 453 g/mol. The van der Waals surface area contributed by atoms with E-state index in [1.54, 1.807) is 18.2 Å². The number of hydrogen-bond acceptors (Lipinski definition) is 6. The summed E-state index contributed by atoms with van der Waals surface area (Å²) < 4.78 is 45.9. The van der Waals surface area contributed by atoms with E-state index in [0.29, 0.717) is 0 Å². The van der Waals surface area contributed by atoms with Crippen LogP contribution in [0, 0.1) is 10.1 Å². The Morgan fingerprint density at radius 1 is 1.09 bits per heavy atom. The number of hydrogen-bond donors (Lipinski definition) is 0. The van der Waals surface area contributed by atoms with Gasteiger partial charge in [-0.3, -0.25) is 14.9 Å². The van der Waals surface area contributed by atoms with Gasteiger partial charge in [-0.25, -0.2) is 4.98 Å². The predicted octanol–water partition coefficient (Wildman–Crippen LogP) is 4.88. The molecule has 0 aliphatic rings. The van der Waals surface area contributed by atoms with E-state index >= 15 is 0 Å². The second-order valence-corrected chi connectivity index (χ2v) is 7.08. The molecular formula is C23H15F3N4O4. The molecule has 0 amide bonds. The van der Waals surface area contributed by atoms with Crippen molar-refractivity contribution in [3.8, 4) is 17.1 Å². The van der Waals surface area contributed by atoms with Crippen LogP contribution in [0.15, 0.2) is 76.6 Å². The number of halogens is 3. The molecule has 3 aromatic carbocycles. The summed E-state index contributed by atoms with van der Waals surface area (Å²) in [7, 11) is 1.36. The van der Waals surface area contributed by atoms with Gasteiger partial charge in [0.2, 0.25) is 0 Å². The molecule has 0 saturated heterocycles. The van der Waals surface area contributed by atoms with Crippen molar-refractivity contribution in [2.75, 3.05) is 7.11 Å². The number of benzene rings is 3. The summed E-state index contributed by atoms with van der Waals surface area (Å²) in [6.07, 6.45) is -3.45. The minimum atomic E-state index is -4.60. The van der Waals surface area contributed by atoms with E-state index in [2.05, 4.69) is 10.1 Å². The number of ether oxygens (including phenoxy) is 1. The molecule has 0 radical (unpaired) electrons. The number of nitro benzene ring substituents is 1. The molecule has 0 aliphatic heterocycles. The van der Waals surface area contributed by atoms with Crippen molar-refractivity contribution in [3.63, 3.8) is 0 Å². The van der Waals surface area contributed by atoms with Crippen molar-refractivity contribution >= 4 is 22.8 Å². The number of rotatable bonds is 5. The molecule has 0 aliphatic carbocycles. The van der Waals surface area contributed by atoms with Gasteiger partial charge in [-0.2, -0.15) is 22.9 Å². The molecule has 0 atom stereocenters. The maximum absolute atomic E-state index is 13.3. The molecule has 0 spiro atoms. The highest BCUT2D eigenvalue weighted by molar-refractivity contribution is 5.85. The fourth-order valence-corrected chi connectivity index (χ4v) is 3.31. The van der Waals surface area contributed by atoms with E-state index in [1.165, 1.54) is 43.5 Å². The first-order valence-corrected chi connectivity index (χ1v) is 9.75. The number of nitro groups is 1. The molecule has 0 unspecified atom stereocenters. The molecule has 34 heavy (non-hydrogen) atoms. The predicted molar refractivity (Wildman–Crippen MR) is 119 cm³/mol. The lowest BCUT2D eigenvalue weighted by molar-refractivity contribution is -0.384. The second kappa shape index (κ2) is 8.77. The maximum Gasteiger partial charge on any atom is 0.416 e. The van der Waals surface area contributed by atoms with Crippen LogP contribution in [0.2, 0.25) is 0 Å². The largest absolute Gasteiger partial charge is 0.496 e. The number of aromatic nitrogens is 2. The standard InChI is InChI=1S/C23H15F3N4O4/c1-34-20-10-9-17(30(32)33)12-15(20)13-27-29-21(14-5-4-6-16(11-14)23(24,25)26)28-19-8-3-2-7-18(19)22(29)31/h2-13H,1H3. The lowest BCUT2D eigenvalue weighted by atomic mass is 10.1. The topological polar surface area (TPSA) is 99.6 Å². The van der Waals surface area contributed by atoms with E-state index in [1.807, 2.05) is 0 Å². The Bertz CT molecular complexity index is 1500. The summed E-state index contributed by atoms with van der Waals surface area (Å²) in [5, 5.41) is 15.5. The zero-order chi connectivity index (χ0) is 24.5. The van der Waals surface area contributed by atoms with Crippen LogP contribution in [-0.2, 0) is 6.18 Å². The van der Waals surface area contributed by atoms with Gasteiger partial charge in [-0.05, 0) is 30.3 Å². The first-order valence-electron chi connectivity index (χ1n) is 9.75. The van der Waals surface area contributed by atoms with Gasteiger partial charge in [-0.1, -0.05) is 24.3 Å². The van der Waals surface area contributed by atoms with Crippen molar-refractivity contribution in [3.05, 3.63) is 98.3 Å². The smallest absolute Gasteiger partial charge is 0.416 e. The first kappa shape index (κ1) is 22.6. The SMILES string of the molecule is COc1ccc([N+](=O)[O-])cc1C=Nn1c(-c2cccc(C(F)(F)F)c2)nc2ccccc2c1=O. The fourth-order valence-electron chi connectivity index (χ4n) is 3.31. The molecule has 11 heteroatoms. The summed E-state index contributed by atoms with van der Waals surface area (Å²) in [4.78, 5) is 28.1. The summed E-state index contributed by atoms with van der Waals surface area (Å²) in [5.41, 5.74) is -1.29. The highest BCUT2D eigenvalue weighted by Gasteiger charge is 2.31. The second-order valence-electron chi connectivity index (χ2n) is 7.08. The van der Waals surface area contributed by atoms with Crippen LogP contribution in [-0.4, -0.2) is 27.9 Å². The van der Waals surface area contributed by atoms with Crippen LogP contribution in [0.25, 0.3) is 22.3 Å². The van der Waals surface area contributed by atoms with Crippen molar-refractivity contribution in [1.82, 2.24) is 9.66 Å². The Morgan fingerprint density at radius 3 is 2.56 bits per heavy atom. The lowest BCUT2D eigenvalue weighted by Crippen LogP contribution is -2.20. The van der Waals surface area contributed by atoms with Gasteiger partial charge in [0.05, 0.1) is 34.7 Å². The van der Waals surface area contributed by atoms with Gasteiger partial charge < -0.3 is 4.74 Å². The average Bonchev–Trinajstić information content (AvgIpc) is 2.82. The van der Waals surface area contributed by atoms with E-state index in [0.717, 1.165) is 23.0 Å². The Labute approximate surface area is 189 Å². The number of non-ortho nitro benzene ring substituents is 1. The van der Waals surface area contributed by atoms with Crippen molar-refractivity contribution in [2.24, 2.45) is 5.10 Å². The Balaban J connectivity index is 1.95. The molecule has 0 N–H and O–H groups in total. The molecule has 0 bridgehead atoms. The molecule has 4 aromatic rings. The van der Waals surface area contributed by atoms with Crippen LogP contribution in [0.3, 0.4) is 0 Å². The van der Waals surface area contributed by atoms with Gasteiger partial charge in [0.1, 0.15) is 5.75 Å². The lowest BCUT2D eigenvalue weighted by Gasteiger charge is -2.12. The van der Waals surface area contributed by atoms with E-state index in [9.17, 15) is 28.1 Å². The van der Waals surface area contributed by atoms with Gasteiger partial charge >= 0.3 is 6.18 Å². The third kappa shape index (κ3) is 4.35. The summed E-state index contributed by atoms with van der Waals surface area (Å²) in [6, 6.07) is 14.5. The number of nitrogens with zero attached hydrogens (tertiary/aromatic N) is 4. The monoisotopic (exact) mass is 468 g/mol. The zero-order valence-electron chi connectivity index (χ0n) is 17.5. The minimum Gasteiger partial charge on any atom is -0.496 e. The average molecular weight is 468 g/mol. The molecule has 172 valence electrons. The van der Waals surface area contributed by atoms with Gasteiger partial charge in [0.25, 0.3) is 11.2 Å². The van der Waals surface area contributed by atoms with Crippen LogP contribution in [0.5, 0.6) is 5.75 Å². The fraction of sp³-hybridized carbons (Fsp3) is 0.0870. The highest BCUT2D eigenvalue weighted by Crippen LogP contribution is 2.32. The number of fused-ring (bicyclic) bond motifs is 1. The van der Waals surface area contributed by atoms with Crippen molar-refractivity contribution in [1.29, 1.82) is 0 Å². The first-order chi connectivity index (χ1) is 16.2. The van der Waals surface area contributed by atoms with Crippen LogP contribution >= 0.6 is 0 Å². The van der Waals surface area contributed by atoms with Crippen molar-refractivity contribution < 1.29 is 22.8 Å². The summed E-state index contributed by atoms with van der Waals surface area (Å²) in [6.45, 7) is 0. The Kier molecular flexibility index (Phi) is 5.84. The third-order valence-electron chi connectivity index (χ3n) is 4.94. The van der Waals surface area contributed by atoms with Gasteiger partial charge in [0.15, 0.2) is 5.82 Å². The van der Waals surface area contributed by atoms with Crippen LogP contribution in [0.1, 0.15) is 11.1 Å². The van der Waals surface area contributed by atoms with Crippen LogP contribution < -0.4 is 10.3 Å². The minimum absolute atomic E-state index is 0.0147. The Morgan fingerprint density at radius 2 is 1.85 bits per heavy atom. The quantitative estimate of drug-likeness (QED) is 0.236. The number of alkyl halides is 3. The van der Waals surface area contributed by atoms with Crippen LogP contribution in [0.4, 0.5) is 18.9 Å². The Hall–Kier alpha value is -4.54. The maximum atomic E-state index is 13.3. The molecule has 4 rings (SSSR count). The zero-order valence-corrected chi connectivity index (χ0v) is 17.5. The van der Waals surface area contributed by atoms with E-state index in [-0.39, 0.29) is 39.3 Å². The number of methoxy groups -OCH3 is 1. The summed E-state index contributed by atoms with van der Waals surface area (Å²) in [5.74, 6) is 0.118. The number of para-hydroxylation sites is 1. The molecule has 8 nitrogen and oxygen atoms in total. The molecule has 1 heterocycles. The van der Waals surface area contributed by atoms with E-state index in [4.69, 9.17) is 4.74 Å². The third-order valence-corrected chi connectivity index (χ3v) is 4.94. The van der Waals surface area contributed by atoms with Gasteiger partial charge in [-0.15, -0.1) is 0 Å². The molecule has 0 saturated carbocycles. The molecule has 0 fully saturated rings.